The summed E-state index contributed by atoms with van der Waals surface area (Å²) in [4.78, 5) is 16.4. The third-order valence-corrected chi connectivity index (χ3v) is 5.31. The standard InChI is InChI=1S/C24H27N3O6S/c1-6-32-20-9-15(7-8-19(20)33-14(2)3)10-21(23(28)29)34-24-25-22(26-27-24)16-11-17(30-4)13-18(12-16)31-5/h7-14H,6H2,1-5H3,(H,28,29)(H,25,26,27)/b21-10-. The number of hydrogen-bond acceptors (Lipinski definition) is 8. The van der Waals surface area contributed by atoms with Crippen LogP contribution in [0.15, 0.2) is 46.5 Å². The van der Waals surface area contributed by atoms with Crippen LogP contribution in [0.2, 0.25) is 0 Å². The van der Waals surface area contributed by atoms with Gasteiger partial charge in [-0.3, -0.25) is 5.10 Å². The van der Waals surface area contributed by atoms with Crippen molar-refractivity contribution < 1.29 is 28.8 Å². The van der Waals surface area contributed by atoms with E-state index in [1.807, 2.05) is 20.8 Å². The van der Waals surface area contributed by atoms with Crippen LogP contribution in [0.25, 0.3) is 17.5 Å². The Morgan fingerprint density at radius 2 is 1.82 bits per heavy atom. The average molecular weight is 486 g/mol. The Kier molecular flexibility index (Phi) is 8.42. The molecule has 2 N–H and O–H groups in total. The summed E-state index contributed by atoms with van der Waals surface area (Å²) in [7, 11) is 3.12. The highest BCUT2D eigenvalue weighted by molar-refractivity contribution is 8.04. The predicted molar refractivity (Wildman–Crippen MR) is 130 cm³/mol. The molecule has 0 atom stereocenters. The number of hydrogen-bond donors (Lipinski definition) is 2. The summed E-state index contributed by atoms with van der Waals surface area (Å²) in [6.07, 6.45) is 1.52. The van der Waals surface area contributed by atoms with E-state index < -0.39 is 5.97 Å². The van der Waals surface area contributed by atoms with E-state index >= 15 is 0 Å². The van der Waals surface area contributed by atoms with Crippen molar-refractivity contribution in [2.24, 2.45) is 0 Å². The quantitative estimate of drug-likeness (QED) is 0.289. The highest BCUT2D eigenvalue weighted by atomic mass is 32.2. The first-order chi connectivity index (χ1) is 16.3. The maximum Gasteiger partial charge on any atom is 0.342 e. The van der Waals surface area contributed by atoms with Crippen LogP contribution in [0.1, 0.15) is 26.3 Å². The molecule has 180 valence electrons. The molecule has 0 saturated heterocycles. The van der Waals surface area contributed by atoms with Gasteiger partial charge in [0.15, 0.2) is 17.3 Å². The number of aliphatic carboxylic acids is 1. The van der Waals surface area contributed by atoms with Crippen LogP contribution in [0.4, 0.5) is 0 Å². The summed E-state index contributed by atoms with van der Waals surface area (Å²) in [5, 5.41) is 17.0. The Morgan fingerprint density at radius 3 is 2.41 bits per heavy atom. The highest BCUT2D eigenvalue weighted by Gasteiger charge is 2.16. The number of carbonyl (C=O) groups is 1. The molecule has 3 rings (SSSR count). The number of aromatic nitrogens is 3. The van der Waals surface area contributed by atoms with E-state index in [0.29, 0.717) is 46.6 Å². The Morgan fingerprint density at radius 1 is 1.12 bits per heavy atom. The van der Waals surface area contributed by atoms with Gasteiger partial charge in [0.2, 0.25) is 5.16 Å². The summed E-state index contributed by atoms with van der Waals surface area (Å²) in [6.45, 7) is 6.18. The van der Waals surface area contributed by atoms with Crippen molar-refractivity contribution in [1.29, 1.82) is 0 Å². The minimum atomic E-state index is -1.10. The minimum absolute atomic E-state index is 0.0183. The third-order valence-electron chi connectivity index (χ3n) is 4.43. The molecule has 0 saturated carbocycles. The van der Waals surface area contributed by atoms with Gasteiger partial charge in [0.25, 0.3) is 0 Å². The van der Waals surface area contributed by atoms with Crippen molar-refractivity contribution in [3.63, 3.8) is 0 Å². The maximum atomic E-state index is 11.9. The second kappa shape index (κ2) is 11.5. The Hall–Kier alpha value is -3.66. The number of rotatable bonds is 11. The van der Waals surface area contributed by atoms with Gasteiger partial charge in [-0.2, -0.15) is 0 Å². The zero-order valence-corrected chi connectivity index (χ0v) is 20.4. The molecule has 0 aliphatic carbocycles. The van der Waals surface area contributed by atoms with Crippen LogP contribution >= 0.6 is 11.8 Å². The van der Waals surface area contributed by atoms with E-state index in [1.54, 1.807) is 56.7 Å². The number of aromatic amines is 1. The normalized spacial score (nSPS) is 11.4. The lowest BCUT2D eigenvalue weighted by molar-refractivity contribution is -0.131. The van der Waals surface area contributed by atoms with Crippen molar-refractivity contribution in [3.05, 3.63) is 46.9 Å². The van der Waals surface area contributed by atoms with Crippen molar-refractivity contribution in [1.82, 2.24) is 15.2 Å². The molecule has 34 heavy (non-hydrogen) atoms. The zero-order valence-electron chi connectivity index (χ0n) is 19.6. The summed E-state index contributed by atoms with van der Waals surface area (Å²) in [5.74, 6) is 1.71. The number of carboxylic acid groups (broad SMARTS) is 1. The van der Waals surface area contributed by atoms with Crippen LogP contribution in [-0.4, -0.2) is 53.2 Å². The van der Waals surface area contributed by atoms with Crippen LogP contribution in [-0.2, 0) is 4.79 Å². The fourth-order valence-electron chi connectivity index (χ4n) is 2.98. The van der Waals surface area contributed by atoms with Crippen molar-refractivity contribution in [2.75, 3.05) is 20.8 Å². The molecule has 0 spiro atoms. The third kappa shape index (κ3) is 6.44. The van der Waals surface area contributed by atoms with Gasteiger partial charge >= 0.3 is 5.97 Å². The number of benzene rings is 2. The molecule has 1 heterocycles. The topological polar surface area (TPSA) is 116 Å². The van der Waals surface area contributed by atoms with Gasteiger partial charge in [-0.15, -0.1) is 5.10 Å². The van der Waals surface area contributed by atoms with Gasteiger partial charge in [0.05, 0.1) is 26.9 Å². The molecule has 0 aliphatic heterocycles. The second-order valence-electron chi connectivity index (χ2n) is 7.29. The lowest BCUT2D eigenvalue weighted by atomic mass is 10.2. The number of carboxylic acids is 1. The largest absolute Gasteiger partial charge is 0.497 e. The molecule has 2 aromatic carbocycles. The molecule has 10 heteroatoms. The van der Waals surface area contributed by atoms with Gasteiger partial charge in [-0.25, -0.2) is 9.78 Å². The molecule has 0 aliphatic rings. The minimum Gasteiger partial charge on any atom is -0.497 e. The number of methoxy groups -OCH3 is 2. The number of H-pyrrole nitrogens is 1. The zero-order chi connectivity index (χ0) is 24.7. The molecular weight excluding hydrogens is 458 g/mol. The summed E-state index contributed by atoms with van der Waals surface area (Å²) < 4.78 is 22.0. The van der Waals surface area contributed by atoms with E-state index in [1.165, 1.54) is 0 Å². The smallest absolute Gasteiger partial charge is 0.342 e. The Labute approximate surface area is 202 Å². The fraction of sp³-hybridized carbons (Fsp3) is 0.292. The molecule has 0 amide bonds. The Balaban J connectivity index is 1.87. The highest BCUT2D eigenvalue weighted by Crippen LogP contribution is 2.33. The molecule has 0 unspecified atom stereocenters. The second-order valence-corrected chi connectivity index (χ2v) is 8.30. The SMILES string of the molecule is CCOc1cc(/C=C(\Sc2n[nH]c(-c3cc(OC)cc(OC)c3)n2)C(=O)O)ccc1OC(C)C. The number of nitrogens with one attached hydrogen (secondary N) is 1. The van der Waals surface area contributed by atoms with Crippen molar-refractivity contribution in [3.8, 4) is 34.4 Å². The summed E-state index contributed by atoms with van der Waals surface area (Å²) in [5.41, 5.74) is 1.34. The maximum absolute atomic E-state index is 11.9. The van der Waals surface area contributed by atoms with E-state index in [4.69, 9.17) is 18.9 Å². The lowest BCUT2D eigenvalue weighted by Crippen LogP contribution is -2.07. The molecule has 0 radical (unpaired) electrons. The van der Waals surface area contributed by atoms with Gasteiger partial charge in [-0.05, 0) is 68.4 Å². The number of nitrogens with zero attached hydrogens (tertiary/aromatic N) is 2. The van der Waals surface area contributed by atoms with Gasteiger partial charge in [0.1, 0.15) is 16.4 Å². The lowest BCUT2D eigenvalue weighted by Gasteiger charge is -2.15. The fourth-order valence-corrected chi connectivity index (χ4v) is 3.69. The first kappa shape index (κ1) is 25.0. The molecule has 0 fully saturated rings. The van der Waals surface area contributed by atoms with E-state index in [-0.39, 0.29) is 16.2 Å². The van der Waals surface area contributed by atoms with Crippen molar-refractivity contribution in [2.45, 2.75) is 32.0 Å². The predicted octanol–water partition coefficient (Wildman–Crippen LogP) is 4.89. The molecule has 3 aromatic rings. The van der Waals surface area contributed by atoms with Gasteiger partial charge < -0.3 is 24.1 Å². The number of ether oxygens (including phenoxy) is 4. The average Bonchev–Trinajstić information content (AvgIpc) is 3.28. The van der Waals surface area contributed by atoms with Crippen LogP contribution in [0, 0.1) is 0 Å². The first-order valence-corrected chi connectivity index (χ1v) is 11.4. The van der Waals surface area contributed by atoms with Gasteiger partial charge in [0, 0.05) is 11.6 Å². The molecule has 0 bridgehead atoms. The van der Waals surface area contributed by atoms with Crippen LogP contribution in [0.3, 0.4) is 0 Å². The van der Waals surface area contributed by atoms with E-state index in [9.17, 15) is 9.90 Å². The Bertz CT molecular complexity index is 1150. The van der Waals surface area contributed by atoms with E-state index in [2.05, 4.69) is 15.2 Å². The summed E-state index contributed by atoms with van der Waals surface area (Å²) in [6, 6.07) is 10.6. The molecule has 1 aromatic heterocycles. The van der Waals surface area contributed by atoms with Gasteiger partial charge in [-0.1, -0.05) is 6.07 Å². The van der Waals surface area contributed by atoms with Crippen LogP contribution < -0.4 is 18.9 Å². The van der Waals surface area contributed by atoms with Crippen molar-refractivity contribution >= 4 is 23.8 Å². The summed E-state index contributed by atoms with van der Waals surface area (Å²) >= 11 is 0.935. The van der Waals surface area contributed by atoms with E-state index in [0.717, 1.165) is 11.8 Å². The molecule has 9 nitrogen and oxygen atoms in total. The van der Waals surface area contributed by atoms with Crippen LogP contribution in [0.5, 0.6) is 23.0 Å². The first-order valence-electron chi connectivity index (χ1n) is 10.5. The monoisotopic (exact) mass is 485 g/mol. The molecular formula is C24H27N3O6S. The number of thioether (sulfide) groups is 1.